The van der Waals surface area contributed by atoms with Crippen LogP contribution in [0.4, 0.5) is 0 Å². The normalized spacial score (nSPS) is 30.8. The highest BCUT2D eigenvalue weighted by molar-refractivity contribution is 5.56. The molecule has 0 nitrogen and oxygen atoms in total. The Balaban J connectivity index is 0.000000484. The minimum atomic E-state index is 0.274. The highest BCUT2D eigenvalue weighted by Crippen LogP contribution is 2.74. The third kappa shape index (κ3) is 17.9. The first-order chi connectivity index (χ1) is 54.1. The number of hydrogen-bond donors (Lipinski definition) is 0. The van der Waals surface area contributed by atoms with Gasteiger partial charge in [-0.05, 0) is 410 Å². The van der Waals surface area contributed by atoms with Crippen LogP contribution in [0, 0.1) is 290 Å². The lowest BCUT2D eigenvalue weighted by Crippen LogP contribution is -2.62. The number of rotatable bonds is 2. The van der Waals surface area contributed by atoms with Crippen molar-refractivity contribution in [3.63, 3.8) is 0 Å². The fourth-order valence-electron chi connectivity index (χ4n) is 27.3. The van der Waals surface area contributed by atoms with Crippen LogP contribution in [-0.2, 0) is 6.42 Å². The Labute approximate surface area is 783 Å². The Bertz CT molecular complexity index is 3840. The van der Waals surface area contributed by atoms with Gasteiger partial charge in [0, 0.05) is 0 Å². The topological polar surface area (TPSA) is 0 Å². The first-order valence-corrected chi connectivity index (χ1v) is 50.9. The van der Waals surface area contributed by atoms with E-state index in [1.165, 1.54) is 100 Å². The molecule has 0 heteroatoms. The standard InChI is InChI=1S/C23H32.2C16H32.C16H30.C15H30.2C13H26.C12H18/c1-12-14(3)18(7)22(19(8)15(12)4)11-23-20(9)16(5)13(2)17(6)21(23)10;1-11-13(3,4)15(7,8)12(2)16(9,10)14(11,5)6;2*1-11-12(2)14(5,6)16(9,10)15(7,8)13(11,3)4;1-10-11(2)14(6,7)15(8,9)12(3)13(10,4)5;1-9-11(3,4)10(2)13(7,8)12(9,5)6;1-9-10(2)12(5,6)13(7,8)11(9,3)4;1-7-8(2)10(4)12(6)11(5)9(7)3/h11H2,1-10H3;2*11-12H,1-10H3;1-10H3;10-12H,1-9H3;2*9-10H,1-8H3;1-6H3. The van der Waals surface area contributed by atoms with Crippen molar-refractivity contribution in [2.24, 2.45) is 179 Å². The zero-order chi connectivity index (χ0) is 100. The molecule has 6 aliphatic rings. The van der Waals surface area contributed by atoms with Crippen molar-refractivity contribution in [3.8, 4) is 0 Å². The highest BCUT2D eigenvalue weighted by Gasteiger charge is 2.67. The van der Waals surface area contributed by atoms with Crippen molar-refractivity contribution < 1.29 is 0 Å². The van der Waals surface area contributed by atoms with Crippen molar-refractivity contribution in [2.45, 2.75) is 498 Å². The summed E-state index contributed by atoms with van der Waals surface area (Å²) < 4.78 is 0. The van der Waals surface area contributed by atoms with Crippen LogP contribution < -0.4 is 0 Å². The molecule has 6 aliphatic carbocycles. The predicted octanol–water partition coefficient (Wildman–Crippen LogP) is 39.8. The lowest BCUT2D eigenvalue weighted by Gasteiger charge is -2.68. The van der Waals surface area contributed by atoms with Gasteiger partial charge < -0.3 is 0 Å². The maximum Gasteiger partial charge on any atom is -0.00149 e. The molecule has 9 atom stereocenters. The summed E-state index contributed by atoms with van der Waals surface area (Å²) in [6, 6.07) is 0. The molecule has 5 saturated carbocycles. The second-order valence-corrected chi connectivity index (χ2v) is 56.4. The van der Waals surface area contributed by atoms with Gasteiger partial charge in [-0.2, -0.15) is 0 Å². The van der Waals surface area contributed by atoms with Crippen molar-refractivity contribution in [2.75, 3.05) is 0 Å². The maximum absolute atomic E-state index is 2.47. The van der Waals surface area contributed by atoms with Crippen LogP contribution in [0.25, 0.3) is 0 Å². The van der Waals surface area contributed by atoms with E-state index in [0.717, 1.165) is 71.5 Å². The first kappa shape index (κ1) is 117. The molecule has 9 rings (SSSR count). The van der Waals surface area contributed by atoms with Crippen molar-refractivity contribution in [3.05, 3.63) is 111 Å². The molecule has 0 heterocycles. The van der Waals surface area contributed by atoms with Crippen molar-refractivity contribution in [1.82, 2.24) is 0 Å². The Morgan fingerprint density at radius 1 is 0.145 bits per heavy atom. The lowest BCUT2D eigenvalue weighted by molar-refractivity contribution is -0.204. The smallest absolute Gasteiger partial charge is 0.00149 e. The van der Waals surface area contributed by atoms with Gasteiger partial charge >= 0.3 is 0 Å². The molecular weight excluding hydrogens is 1490 g/mol. The van der Waals surface area contributed by atoms with Crippen LogP contribution in [0.2, 0.25) is 0 Å². The minimum Gasteiger partial charge on any atom is -0.0676 e. The van der Waals surface area contributed by atoms with Gasteiger partial charge in [0.25, 0.3) is 0 Å². The fraction of sp³-hybridized carbons (Fsp3) is 0.839. The van der Waals surface area contributed by atoms with Gasteiger partial charge in [0.1, 0.15) is 0 Å². The third-order valence-corrected chi connectivity index (χ3v) is 51.9. The van der Waals surface area contributed by atoms with Gasteiger partial charge in [0.05, 0.1) is 0 Å². The quantitative estimate of drug-likeness (QED) is 0.224. The molecule has 124 heavy (non-hydrogen) atoms. The van der Waals surface area contributed by atoms with E-state index >= 15 is 0 Å². The summed E-state index contributed by atoms with van der Waals surface area (Å²) in [5.74, 6) is 8.60. The SMILES string of the molecule is CC1=C(C)C(C)(C)C(C)(C)C(C)(C)C1(C)C.CC1C(C)(C)C(C)(C)C(C)C(C)(C)C1(C)C.CC1C(C)(C)C(C)C(C)(C)C1(C)C.CC1C(C)C(C)(C)C(C)(C)C(C)(C)C1(C)C.CC1C(C)C(C)(C)C(C)(C)C(C)C1(C)C.CC1C(C)C(C)(C)C(C)(C)C1(C)C.Cc1c(C)c(C)c(C)c(C)c1C.Cc1c(C)c(C)c(Cc2c(C)c(C)c(C)c(C)c2C)c(C)c1C. The minimum absolute atomic E-state index is 0.274. The number of allylic oxidation sites excluding steroid dienone is 2. The third-order valence-electron chi connectivity index (χ3n) is 51.9. The summed E-state index contributed by atoms with van der Waals surface area (Å²) in [7, 11) is 0. The summed E-state index contributed by atoms with van der Waals surface area (Å²) in [5.41, 5.74) is 37.8. The van der Waals surface area contributed by atoms with Crippen LogP contribution >= 0.6 is 0 Å². The first-order valence-electron chi connectivity index (χ1n) is 50.9. The average Bonchev–Trinajstić information content (AvgIpc) is 1.16. The summed E-state index contributed by atoms with van der Waals surface area (Å²) in [6.07, 6.45) is 1.05. The average molecular weight is 1720 g/mol. The second-order valence-electron chi connectivity index (χ2n) is 56.4. The molecular formula is C124H226. The molecule has 0 saturated heterocycles. The van der Waals surface area contributed by atoms with E-state index < -0.39 is 0 Å². The van der Waals surface area contributed by atoms with Crippen LogP contribution in [-0.4, -0.2) is 0 Å². The van der Waals surface area contributed by atoms with E-state index in [0.29, 0.717) is 103 Å². The Morgan fingerprint density at radius 2 is 0.290 bits per heavy atom. The maximum atomic E-state index is 2.47. The van der Waals surface area contributed by atoms with Gasteiger partial charge in [0.15, 0.2) is 0 Å². The van der Waals surface area contributed by atoms with Crippen LogP contribution in [0.3, 0.4) is 0 Å². The predicted molar refractivity (Wildman–Crippen MR) is 567 cm³/mol. The van der Waals surface area contributed by atoms with Crippen LogP contribution in [0.15, 0.2) is 11.1 Å². The molecule has 0 aliphatic heterocycles. The van der Waals surface area contributed by atoms with Gasteiger partial charge in [-0.25, -0.2) is 0 Å². The molecule has 0 amide bonds. The van der Waals surface area contributed by atoms with Crippen LogP contribution in [0.1, 0.15) is 481 Å². The van der Waals surface area contributed by atoms with Gasteiger partial charge in [-0.1, -0.05) is 378 Å². The van der Waals surface area contributed by atoms with E-state index in [1.807, 2.05) is 0 Å². The molecule has 9 unspecified atom stereocenters. The summed E-state index contributed by atoms with van der Waals surface area (Å²) in [6.45, 7) is 170. The molecule has 0 aromatic heterocycles. The zero-order valence-corrected chi connectivity index (χ0v) is 98.6. The van der Waals surface area contributed by atoms with Crippen molar-refractivity contribution in [1.29, 1.82) is 0 Å². The van der Waals surface area contributed by atoms with E-state index in [1.54, 1.807) is 11.1 Å². The Kier molecular flexibility index (Phi) is 34.4. The molecule has 0 radical (unpaired) electrons. The molecule has 3 aromatic carbocycles. The van der Waals surface area contributed by atoms with Crippen LogP contribution in [0.5, 0.6) is 0 Å². The number of benzene rings is 3. The monoisotopic (exact) mass is 1720 g/mol. The van der Waals surface area contributed by atoms with Crippen molar-refractivity contribution >= 4 is 0 Å². The van der Waals surface area contributed by atoms with Gasteiger partial charge in [0.2, 0.25) is 0 Å². The molecule has 722 valence electrons. The molecule has 0 spiro atoms. The van der Waals surface area contributed by atoms with E-state index in [9.17, 15) is 0 Å². The Hall–Kier alpha value is -2.60. The van der Waals surface area contributed by atoms with Gasteiger partial charge in [-0.3, -0.25) is 0 Å². The van der Waals surface area contributed by atoms with E-state index in [2.05, 4.69) is 492 Å². The number of hydrogen-bond acceptors (Lipinski definition) is 0. The summed E-state index contributed by atoms with van der Waals surface area (Å²) in [4.78, 5) is 0. The summed E-state index contributed by atoms with van der Waals surface area (Å²) in [5, 5.41) is 0. The molecule has 0 N–H and O–H groups in total. The molecule has 0 bridgehead atoms. The largest absolute Gasteiger partial charge is 0.0676 e. The Morgan fingerprint density at radius 3 is 0.452 bits per heavy atom. The second kappa shape index (κ2) is 36.3. The molecule has 3 aromatic rings. The highest BCUT2D eigenvalue weighted by atomic mass is 14.7. The summed E-state index contributed by atoms with van der Waals surface area (Å²) >= 11 is 0. The van der Waals surface area contributed by atoms with E-state index in [4.69, 9.17) is 0 Å². The molecule has 5 fully saturated rings. The fourth-order valence-corrected chi connectivity index (χ4v) is 27.3. The zero-order valence-electron chi connectivity index (χ0n) is 98.6. The lowest BCUT2D eigenvalue weighted by atomic mass is 9.36. The van der Waals surface area contributed by atoms with E-state index in [-0.39, 0.29) is 10.8 Å². The van der Waals surface area contributed by atoms with Gasteiger partial charge in [-0.15, -0.1) is 0 Å².